The van der Waals surface area contributed by atoms with E-state index in [0.29, 0.717) is 13.0 Å². The number of esters is 1. The maximum Gasteiger partial charge on any atom is 0.307 e. The average molecular weight is 199 g/mol. The molecule has 0 spiro atoms. The summed E-state index contributed by atoms with van der Waals surface area (Å²) in [5, 5.41) is 0. The van der Waals surface area contributed by atoms with Gasteiger partial charge in [-0.2, -0.15) is 0 Å². The second kappa shape index (κ2) is 4.75. The molecule has 2 saturated heterocycles. The van der Waals surface area contributed by atoms with E-state index in [2.05, 4.69) is 4.90 Å². The summed E-state index contributed by atoms with van der Waals surface area (Å²) in [6.07, 6.45) is 2.79. The van der Waals surface area contributed by atoms with E-state index in [4.69, 9.17) is 9.47 Å². The molecule has 0 unspecified atom stereocenters. The van der Waals surface area contributed by atoms with Crippen LogP contribution in [0.5, 0.6) is 0 Å². The number of carbonyl (C=O) groups is 1. The number of hydrogen-bond acceptors (Lipinski definition) is 4. The highest BCUT2D eigenvalue weighted by Crippen LogP contribution is 2.12. The first kappa shape index (κ1) is 9.93. The fourth-order valence-corrected chi connectivity index (χ4v) is 1.58. The van der Waals surface area contributed by atoms with E-state index in [0.717, 1.165) is 39.1 Å². The van der Waals surface area contributed by atoms with Crippen LogP contribution < -0.4 is 0 Å². The number of nitrogens with zero attached hydrogens (tertiary/aromatic N) is 1. The summed E-state index contributed by atoms with van der Waals surface area (Å²) in [6, 6.07) is 0. The first-order valence-electron chi connectivity index (χ1n) is 5.34. The van der Waals surface area contributed by atoms with Crippen molar-refractivity contribution in [1.82, 2.24) is 4.90 Å². The van der Waals surface area contributed by atoms with Crippen LogP contribution in [-0.2, 0) is 14.3 Å². The molecule has 2 aliphatic rings. The molecule has 2 rings (SSSR count). The quantitative estimate of drug-likeness (QED) is 0.475. The molecule has 0 radical (unpaired) electrons. The van der Waals surface area contributed by atoms with Gasteiger partial charge in [0.05, 0.1) is 12.5 Å². The Morgan fingerprint density at radius 1 is 1.50 bits per heavy atom. The highest BCUT2D eigenvalue weighted by molar-refractivity contribution is 5.69. The maximum atomic E-state index is 11.2. The second-order valence-corrected chi connectivity index (χ2v) is 3.91. The van der Waals surface area contributed by atoms with Crippen LogP contribution in [0.1, 0.15) is 19.3 Å². The minimum absolute atomic E-state index is 0.0904. The van der Waals surface area contributed by atoms with Crippen LogP contribution in [0.3, 0.4) is 0 Å². The third-order valence-electron chi connectivity index (χ3n) is 2.63. The predicted molar refractivity (Wildman–Crippen MR) is 51.0 cm³/mol. The summed E-state index contributed by atoms with van der Waals surface area (Å²) in [4.78, 5) is 13.4. The Hall–Kier alpha value is -0.610. The first-order valence-corrected chi connectivity index (χ1v) is 5.34. The molecule has 0 saturated carbocycles. The molecule has 0 aromatic carbocycles. The van der Waals surface area contributed by atoms with Gasteiger partial charge in [0.2, 0.25) is 0 Å². The zero-order valence-corrected chi connectivity index (χ0v) is 8.41. The Morgan fingerprint density at radius 3 is 3.00 bits per heavy atom. The zero-order chi connectivity index (χ0) is 9.80. The van der Waals surface area contributed by atoms with E-state index >= 15 is 0 Å². The van der Waals surface area contributed by atoms with Crippen molar-refractivity contribution in [3.63, 3.8) is 0 Å². The monoisotopic (exact) mass is 199 g/mol. The average Bonchev–Trinajstić information content (AvgIpc) is 2.87. The van der Waals surface area contributed by atoms with Crippen LogP contribution in [-0.4, -0.2) is 49.8 Å². The van der Waals surface area contributed by atoms with E-state index in [1.165, 1.54) is 0 Å². The number of ether oxygens (including phenoxy) is 2. The Kier molecular flexibility index (Phi) is 3.37. The van der Waals surface area contributed by atoms with Gasteiger partial charge in [0.25, 0.3) is 0 Å². The van der Waals surface area contributed by atoms with Crippen LogP contribution in [0.2, 0.25) is 0 Å². The molecule has 0 N–H and O–H groups in total. The molecule has 0 aliphatic carbocycles. The number of rotatable bonds is 5. The highest BCUT2D eigenvalue weighted by Gasteiger charge is 2.20. The summed E-state index contributed by atoms with van der Waals surface area (Å²) in [5.41, 5.74) is 0. The van der Waals surface area contributed by atoms with Crippen molar-refractivity contribution in [3.05, 3.63) is 0 Å². The second-order valence-electron chi connectivity index (χ2n) is 3.91. The fraction of sp³-hybridized carbons (Fsp3) is 0.900. The van der Waals surface area contributed by atoms with Crippen LogP contribution in [0, 0.1) is 0 Å². The number of hydrogen-bond donors (Lipinski definition) is 0. The van der Waals surface area contributed by atoms with Gasteiger partial charge < -0.3 is 14.4 Å². The van der Waals surface area contributed by atoms with Gasteiger partial charge in [-0.05, 0) is 12.8 Å². The molecule has 4 nitrogen and oxygen atoms in total. The molecule has 80 valence electrons. The van der Waals surface area contributed by atoms with Crippen LogP contribution in [0.15, 0.2) is 0 Å². The van der Waals surface area contributed by atoms with Crippen molar-refractivity contribution in [3.8, 4) is 0 Å². The van der Waals surface area contributed by atoms with E-state index in [1.54, 1.807) is 0 Å². The summed E-state index contributed by atoms with van der Waals surface area (Å²) in [6.45, 7) is 4.39. The summed E-state index contributed by atoms with van der Waals surface area (Å²) in [7, 11) is 0. The molecule has 0 amide bonds. The Balaban J connectivity index is 1.52. The smallest absolute Gasteiger partial charge is 0.307 e. The van der Waals surface area contributed by atoms with Gasteiger partial charge in [-0.3, -0.25) is 4.79 Å². The molecule has 2 fully saturated rings. The standard InChI is InChI=1S/C10H17NO3/c12-10(3-4-11-5-6-11)14-8-9-2-1-7-13-9/h9H,1-8H2/t9-/m0/s1. The van der Waals surface area contributed by atoms with E-state index < -0.39 is 0 Å². The van der Waals surface area contributed by atoms with Crippen LogP contribution >= 0.6 is 0 Å². The summed E-state index contributed by atoms with van der Waals surface area (Å²) >= 11 is 0. The van der Waals surface area contributed by atoms with Crippen molar-refractivity contribution >= 4 is 5.97 Å². The first-order chi connectivity index (χ1) is 6.84. The van der Waals surface area contributed by atoms with Gasteiger partial charge in [-0.1, -0.05) is 0 Å². The summed E-state index contributed by atoms with van der Waals surface area (Å²) in [5.74, 6) is -0.0904. The van der Waals surface area contributed by atoms with Gasteiger partial charge in [0, 0.05) is 26.2 Å². The van der Waals surface area contributed by atoms with Gasteiger partial charge in [0.1, 0.15) is 6.61 Å². The normalized spacial score (nSPS) is 26.4. The zero-order valence-electron chi connectivity index (χ0n) is 8.41. The van der Waals surface area contributed by atoms with Gasteiger partial charge in [-0.15, -0.1) is 0 Å². The van der Waals surface area contributed by atoms with Gasteiger partial charge in [0.15, 0.2) is 0 Å². The molecule has 14 heavy (non-hydrogen) atoms. The molecule has 2 aliphatic heterocycles. The fourth-order valence-electron chi connectivity index (χ4n) is 1.58. The molecule has 0 aromatic heterocycles. The highest BCUT2D eigenvalue weighted by atomic mass is 16.6. The van der Waals surface area contributed by atoms with E-state index in [1.807, 2.05) is 0 Å². The Bertz CT molecular complexity index is 198. The lowest BCUT2D eigenvalue weighted by molar-refractivity contribution is -0.146. The lowest BCUT2D eigenvalue weighted by Crippen LogP contribution is -2.19. The largest absolute Gasteiger partial charge is 0.463 e. The minimum atomic E-state index is -0.0904. The molecule has 0 aromatic rings. The molecular weight excluding hydrogens is 182 g/mol. The van der Waals surface area contributed by atoms with Crippen molar-refractivity contribution in [2.24, 2.45) is 0 Å². The topological polar surface area (TPSA) is 38.5 Å². The SMILES string of the molecule is O=C(CCN1CC1)OC[C@@H]1CCCO1. The predicted octanol–water partition coefficient (Wildman–Crippen LogP) is 0.414. The van der Waals surface area contributed by atoms with Crippen molar-refractivity contribution in [2.75, 3.05) is 32.8 Å². The molecule has 4 heteroatoms. The number of carbonyl (C=O) groups excluding carboxylic acids is 1. The summed E-state index contributed by atoms with van der Waals surface area (Å²) < 4.78 is 10.5. The Labute approximate surface area is 84.2 Å². The molecular formula is C10H17NO3. The van der Waals surface area contributed by atoms with Crippen molar-refractivity contribution in [1.29, 1.82) is 0 Å². The van der Waals surface area contributed by atoms with Crippen LogP contribution in [0.4, 0.5) is 0 Å². The third-order valence-corrected chi connectivity index (χ3v) is 2.63. The lowest BCUT2D eigenvalue weighted by atomic mass is 10.2. The van der Waals surface area contributed by atoms with Crippen LogP contribution in [0.25, 0.3) is 0 Å². The molecule has 0 bridgehead atoms. The van der Waals surface area contributed by atoms with Crippen molar-refractivity contribution < 1.29 is 14.3 Å². The van der Waals surface area contributed by atoms with Gasteiger partial charge >= 0.3 is 5.97 Å². The maximum absolute atomic E-state index is 11.2. The molecule has 1 atom stereocenters. The van der Waals surface area contributed by atoms with E-state index in [9.17, 15) is 4.79 Å². The lowest BCUT2D eigenvalue weighted by Gasteiger charge is -2.09. The minimum Gasteiger partial charge on any atom is -0.463 e. The Morgan fingerprint density at radius 2 is 2.36 bits per heavy atom. The van der Waals surface area contributed by atoms with Gasteiger partial charge in [-0.25, -0.2) is 0 Å². The van der Waals surface area contributed by atoms with Crippen molar-refractivity contribution in [2.45, 2.75) is 25.4 Å². The third kappa shape index (κ3) is 3.27. The molecule has 2 heterocycles. The van der Waals surface area contributed by atoms with E-state index in [-0.39, 0.29) is 12.1 Å².